The molecule has 1 saturated heterocycles. The van der Waals surface area contributed by atoms with Gasteiger partial charge in [0.05, 0.1) is 11.7 Å². The molecule has 6 nitrogen and oxygen atoms in total. The van der Waals surface area contributed by atoms with E-state index in [4.69, 9.17) is 0 Å². The summed E-state index contributed by atoms with van der Waals surface area (Å²) in [5.74, 6) is 1.36. The van der Waals surface area contributed by atoms with Crippen molar-refractivity contribution < 1.29 is 15.0 Å². The first-order chi connectivity index (χ1) is 15.1. The van der Waals surface area contributed by atoms with Crippen molar-refractivity contribution in [3.63, 3.8) is 0 Å². The van der Waals surface area contributed by atoms with Crippen LogP contribution in [0.3, 0.4) is 0 Å². The SMILES string of the molecule is CC(C)(C)C(=O)Nc1ccc(C(O)CN2CC3CC(O)(Cc4ccccc4)CC3C2)cn1. The predicted octanol–water partition coefficient (Wildman–Crippen LogP) is 3.42. The van der Waals surface area contributed by atoms with Gasteiger partial charge in [0.25, 0.3) is 0 Å². The number of hydrogen-bond donors (Lipinski definition) is 3. The molecule has 6 heteroatoms. The van der Waals surface area contributed by atoms with Crippen molar-refractivity contribution in [2.24, 2.45) is 17.3 Å². The molecule has 1 aromatic carbocycles. The van der Waals surface area contributed by atoms with Crippen LogP contribution in [0.2, 0.25) is 0 Å². The second-order valence-corrected chi connectivity index (χ2v) is 10.7. The molecule has 0 spiro atoms. The summed E-state index contributed by atoms with van der Waals surface area (Å²) < 4.78 is 0. The highest BCUT2D eigenvalue weighted by Gasteiger charge is 2.48. The molecule has 3 unspecified atom stereocenters. The lowest BCUT2D eigenvalue weighted by molar-refractivity contribution is -0.123. The normalized spacial score (nSPS) is 26.7. The summed E-state index contributed by atoms with van der Waals surface area (Å²) in [5, 5.41) is 24.7. The number of anilines is 1. The van der Waals surface area contributed by atoms with Gasteiger partial charge in [-0.25, -0.2) is 4.98 Å². The molecule has 32 heavy (non-hydrogen) atoms. The van der Waals surface area contributed by atoms with Gasteiger partial charge in [-0.3, -0.25) is 9.69 Å². The Labute approximate surface area is 190 Å². The highest BCUT2D eigenvalue weighted by atomic mass is 16.3. The number of aliphatic hydroxyl groups is 2. The fourth-order valence-corrected chi connectivity index (χ4v) is 5.16. The van der Waals surface area contributed by atoms with E-state index >= 15 is 0 Å². The number of nitrogens with one attached hydrogen (secondary N) is 1. The Balaban J connectivity index is 1.28. The molecular weight excluding hydrogens is 402 g/mol. The van der Waals surface area contributed by atoms with E-state index in [2.05, 4.69) is 27.3 Å². The number of likely N-dealkylation sites (tertiary alicyclic amines) is 1. The Morgan fingerprint density at radius 3 is 2.38 bits per heavy atom. The van der Waals surface area contributed by atoms with Crippen molar-refractivity contribution in [3.05, 3.63) is 59.8 Å². The fourth-order valence-electron chi connectivity index (χ4n) is 5.16. The summed E-state index contributed by atoms with van der Waals surface area (Å²) in [6.45, 7) is 7.94. The molecule has 172 valence electrons. The maximum atomic E-state index is 12.1. The van der Waals surface area contributed by atoms with Crippen molar-refractivity contribution in [1.29, 1.82) is 0 Å². The first-order valence-electron chi connectivity index (χ1n) is 11.6. The van der Waals surface area contributed by atoms with Gasteiger partial charge in [-0.15, -0.1) is 0 Å². The third-order valence-electron chi connectivity index (χ3n) is 6.84. The summed E-state index contributed by atoms with van der Waals surface area (Å²) in [7, 11) is 0. The Kier molecular flexibility index (Phi) is 6.39. The summed E-state index contributed by atoms with van der Waals surface area (Å²) in [4.78, 5) is 18.7. The Hall–Kier alpha value is -2.28. The predicted molar refractivity (Wildman–Crippen MR) is 125 cm³/mol. The second-order valence-electron chi connectivity index (χ2n) is 10.7. The zero-order chi connectivity index (χ0) is 22.9. The van der Waals surface area contributed by atoms with Gasteiger partial charge in [0.1, 0.15) is 5.82 Å². The molecule has 1 aliphatic carbocycles. The van der Waals surface area contributed by atoms with Crippen molar-refractivity contribution in [3.8, 4) is 0 Å². The number of rotatable bonds is 6. The molecule has 1 aliphatic heterocycles. The van der Waals surface area contributed by atoms with Gasteiger partial charge < -0.3 is 15.5 Å². The van der Waals surface area contributed by atoms with Gasteiger partial charge in [0.15, 0.2) is 0 Å². The maximum absolute atomic E-state index is 12.1. The first-order valence-corrected chi connectivity index (χ1v) is 11.6. The molecule has 1 saturated carbocycles. The van der Waals surface area contributed by atoms with E-state index in [0.717, 1.165) is 31.5 Å². The molecule has 2 heterocycles. The van der Waals surface area contributed by atoms with Crippen LogP contribution in [0.1, 0.15) is 50.8 Å². The minimum atomic E-state index is -0.628. The van der Waals surface area contributed by atoms with Gasteiger partial charge in [-0.2, -0.15) is 0 Å². The molecule has 0 bridgehead atoms. The third-order valence-corrected chi connectivity index (χ3v) is 6.84. The third kappa shape index (κ3) is 5.37. The molecule has 3 N–H and O–H groups in total. The largest absolute Gasteiger partial charge is 0.390 e. The number of hydrogen-bond acceptors (Lipinski definition) is 5. The quantitative estimate of drug-likeness (QED) is 0.645. The monoisotopic (exact) mass is 437 g/mol. The minimum absolute atomic E-state index is 0.0888. The van der Waals surface area contributed by atoms with E-state index in [0.29, 0.717) is 30.6 Å². The van der Waals surface area contributed by atoms with E-state index in [-0.39, 0.29) is 5.91 Å². The molecule has 4 rings (SSSR count). The number of β-amino-alcohol motifs (C(OH)–C–C–N with tert-alkyl or cyclic N) is 1. The van der Waals surface area contributed by atoms with Crippen LogP contribution in [0, 0.1) is 17.3 Å². The molecule has 1 amide bonds. The van der Waals surface area contributed by atoms with E-state index in [1.807, 2.05) is 45.0 Å². The number of amides is 1. The molecule has 2 fully saturated rings. The number of benzene rings is 1. The van der Waals surface area contributed by atoms with Gasteiger partial charge in [0.2, 0.25) is 5.91 Å². The Morgan fingerprint density at radius 2 is 1.81 bits per heavy atom. The van der Waals surface area contributed by atoms with E-state index in [1.54, 1.807) is 12.3 Å². The summed E-state index contributed by atoms with van der Waals surface area (Å²) in [5.41, 5.74) is 0.841. The highest BCUT2D eigenvalue weighted by molar-refractivity contribution is 5.93. The number of aromatic nitrogens is 1. The average Bonchev–Trinajstić information content (AvgIpc) is 3.22. The zero-order valence-corrected chi connectivity index (χ0v) is 19.3. The number of carbonyl (C=O) groups is 1. The minimum Gasteiger partial charge on any atom is -0.390 e. The lowest BCUT2D eigenvalue weighted by Gasteiger charge is -2.27. The standard InChI is InChI=1S/C26H35N3O3/c1-25(2,3)24(31)28-23-10-9-19(14-27-23)22(30)17-29-15-20-12-26(32,13-21(20)16-29)11-18-7-5-4-6-8-18/h4-10,14,20-22,30,32H,11-13,15-17H2,1-3H3,(H,27,28,31). The smallest absolute Gasteiger partial charge is 0.230 e. The van der Waals surface area contributed by atoms with Crippen molar-refractivity contribution in [2.45, 2.75) is 51.7 Å². The number of aliphatic hydroxyl groups excluding tert-OH is 1. The summed E-state index contributed by atoms with van der Waals surface area (Å²) in [6.07, 6.45) is 3.37. The summed E-state index contributed by atoms with van der Waals surface area (Å²) in [6, 6.07) is 13.8. The number of carbonyl (C=O) groups excluding carboxylic acids is 1. The Morgan fingerprint density at radius 1 is 1.16 bits per heavy atom. The van der Waals surface area contributed by atoms with Crippen LogP contribution in [0.4, 0.5) is 5.82 Å². The Bertz CT molecular complexity index is 910. The lowest BCUT2D eigenvalue weighted by Crippen LogP contribution is -2.33. The van der Waals surface area contributed by atoms with Crippen LogP contribution >= 0.6 is 0 Å². The first kappa shape index (κ1) is 22.9. The summed E-state index contributed by atoms with van der Waals surface area (Å²) >= 11 is 0. The van der Waals surface area contributed by atoms with Crippen LogP contribution in [0.5, 0.6) is 0 Å². The van der Waals surface area contributed by atoms with Gasteiger partial charge in [-0.1, -0.05) is 57.2 Å². The molecular formula is C26H35N3O3. The molecule has 2 aliphatic rings. The van der Waals surface area contributed by atoms with Gasteiger partial charge in [-0.05, 0) is 36.3 Å². The van der Waals surface area contributed by atoms with Crippen LogP contribution in [0.15, 0.2) is 48.7 Å². The topological polar surface area (TPSA) is 85.7 Å². The average molecular weight is 438 g/mol. The molecule has 2 aromatic rings. The van der Waals surface area contributed by atoms with E-state index in [1.165, 1.54) is 5.56 Å². The fraction of sp³-hybridized carbons (Fsp3) is 0.538. The van der Waals surface area contributed by atoms with Crippen LogP contribution in [0.25, 0.3) is 0 Å². The van der Waals surface area contributed by atoms with E-state index < -0.39 is 17.1 Å². The number of nitrogens with zero attached hydrogens (tertiary/aromatic N) is 2. The maximum Gasteiger partial charge on any atom is 0.230 e. The van der Waals surface area contributed by atoms with Crippen molar-refractivity contribution in [2.75, 3.05) is 25.0 Å². The lowest BCUT2D eigenvalue weighted by atomic mass is 9.91. The van der Waals surface area contributed by atoms with E-state index in [9.17, 15) is 15.0 Å². The molecule has 1 aromatic heterocycles. The second kappa shape index (κ2) is 8.93. The molecule has 0 radical (unpaired) electrons. The zero-order valence-electron chi connectivity index (χ0n) is 19.3. The van der Waals surface area contributed by atoms with Crippen molar-refractivity contribution in [1.82, 2.24) is 9.88 Å². The van der Waals surface area contributed by atoms with Crippen LogP contribution in [-0.4, -0.2) is 51.2 Å². The van der Waals surface area contributed by atoms with Gasteiger partial charge >= 0.3 is 0 Å². The van der Waals surface area contributed by atoms with Crippen LogP contribution < -0.4 is 5.32 Å². The highest BCUT2D eigenvalue weighted by Crippen LogP contribution is 2.45. The van der Waals surface area contributed by atoms with Crippen molar-refractivity contribution >= 4 is 11.7 Å². The van der Waals surface area contributed by atoms with Gasteiger partial charge in [0, 0.05) is 43.2 Å². The number of pyridine rings is 1. The molecule has 3 atom stereocenters. The number of fused-ring (bicyclic) bond motifs is 1. The van der Waals surface area contributed by atoms with Crippen LogP contribution in [-0.2, 0) is 11.2 Å².